The Bertz CT molecular complexity index is 174. The summed E-state index contributed by atoms with van der Waals surface area (Å²) in [6.07, 6.45) is 15.1. The highest BCUT2D eigenvalue weighted by atomic mass is 14.6. The second-order valence-electron chi connectivity index (χ2n) is 6.48. The highest BCUT2D eigenvalue weighted by Gasteiger charge is 2.17. The molecule has 16 heavy (non-hydrogen) atoms. The van der Waals surface area contributed by atoms with E-state index >= 15 is 0 Å². The molecular formula is C15H31N. The molecule has 1 atom stereocenters. The van der Waals surface area contributed by atoms with Gasteiger partial charge in [0.2, 0.25) is 0 Å². The SMILES string of the molecule is CC1(C)CCCCCCCCC(N)CCC1. The monoisotopic (exact) mass is 225 g/mol. The third-order valence-electron chi connectivity index (χ3n) is 4.11. The third kappa shape index (κ3) is 6.52. The van der Waals surface area contributed by atoms with Crippen molar-refractivity contribution in [3.05, 3.63) is 0 Å². The lowest BCUT2D eigenvalue weighted by Crippen LogP contribution is -2.20. The minimum Gasteiger partial charge on any atom is -0.328 e. The molecule has 0 saturated heterocycles. The van der Waals surface area contributed by atoms with Crippen LogP contribution in [0.5, 0.6) is 0 Å². The van der Waals surface area contributed by atoms with Crippen molar-refractivity contribution < 1.29 is 0 Å². The summed E-state index contributed by atoms with van der Waals surface area (Å²) in [5, 5.41) is 0. The molecule has 1 fully saturated rings. The van der Waals surface area contributed by atoms with Crippen LogP contribution in [-0.4, -0.2) is 6.04 Å². The molecule has 1 saturated carbocycles. The van der Waals surface area contributed by atoms with Gasteiger partial charge in [0.1, 0.15) is 0 Å². The highest BCUT2D eigenvalue weighted by Crippen LogP contribution is 2.30. The van der Waals surface area contributed by atoms with E-state index in [4.69, 9.17) is 5.73 Å². The number of hydrogen-bond acceptors (Lipinski definition) is 1. The first-order chi connectivity index (χ1) is 7.60. The summed E-state index contributed by atoms with van der Waals surface area (Å²) in [6, 6.07) is 0.469. The van der Waals surface area contributed by atoms with Crippen LogP contribution in [0.3, 0.4) is 0 Å². The molecule has 0 heterocycles. The van der Waals surface area contributed by atoms with Crippen molar-refractivity contribution >= 4 is 0 Å². The minimum absolute atomic E-state index is 0.469. The van der Waals surface area contributed by atoms with E-state index in [1.165, 1.54) is 70.6 Å². The first-order valence-electron chi connectivity index (χ1n) is 7.36. The van der Waals surface area contributed by atoms with Gasteiger partial charge in [0.05, 0.1) is 0 Å². The lowest BCUT2D eigenvalue weighted by molar-refractivity contribution is 0.281. The maximum atomic E-state index is 6.14. The standard InChI is InChI=1S/C15H31N/c1-15(2)12-8-6-4-3-5-7-10-14(16)11-9-13-15/h14H,3-13,16H2,1-2H3. The van der Waals surface area contributed by atoms with Crippen LogP contribution in [0.25, 0.3) is 0 Å². The van der Waals surface area contributed by atoms with E-state index < -0.39 is 0 Å². The normalized spacial score (nSPS) is 29.8. The fraction of sp³-hybridized carbons (Fsp3) is 1.00. The van der Waals surface area contributed by atoms with E-state index in [2.05, 4.69) is 13.8 Å². The summed E-state index contributed by atoms with van der Waals surface area (Å²) < 4.78 is 0. The Balaban J connectivity index is 2.33. The predicted molar refractivity (Wildman–Crippen MR) is 72.5 cm³/mol. The van der Waals surface area contributed by atoms with E-state index in [1.807, 2.05) is 0 Å². The Morgan fingerprint density at radius 2 is 1.25 bits per heavy atom. The third-order valence-corrected chi connectivity index (χ3v) is 4.11. The van der Waals surface area contributed by atoms with Gasteiger partial charge in [0, 0.05) is 6.04 Å². The van der Waals surface area contributed by atoms with E-state index in [9.17, 15) is 0 Å². The molecule has 1 rings (SSSR count). The molecule has 0 aromatic rings. The summed E-state index contributed by atoms with van der Waals surface area (Å²) in [5.74, 6) is 0. The summed E-state index contributed by atoms with van der Waals surface area (Å²) >= 11 is 0. The van der Waals surface area contributed by atoms with Crippen LogP contribution in [0.1, 0.15) is 84.5 Å². The summed E-state index contributed by atoms with van der Waals surface area (Å²) in [6.45, 7) is 4.86. The van der Waals surface area contributed by atoms with Crippen molar-refractivity contribution in [2.24, 2.45) is 11.1 Å². The van der Waals surface area contributed by atoms with E-state index in [-0.39, 0.29) is 0 Å². The summed E-state index contributed by atoms with van der Waals surface area (Å²) in [7, 11) is 0. The lowest BCUT2D eigenvalue weighted by atomic mass is 9.81. The van der Waals surface area contributed by atoms with Crippen molar-refractivity contribution in [3.8, 4) is 0 Å². The van der Waals surface area contributed by atoms with Crippen LogP contribution >= 0.6 is 0 Å². The second-order valence-corrected chi connectivity index (χ2v) is 6.48. The van der Waals surface area contributed by atoms with Crippen LogP contribution in [0.4, 0.5) is 0 Å². The molecule has 2 N–H and O–H groups in total. The van der Waals surface area contributed by atoms with Gasteiger partial charge >= 0.3 is 0 Å². The van der Waals surface area contributed by atoms with Crippen LogP contribution in [0, 0.1) is 5.41 Å². The number of hydrogen-bond donors (Lipinski definition) is 1. The smallest absolute Gasteiger partial charge is 0.00388 e. The molecule has 0 bridgehead atoms. The fourth-order valence-corrected chi connectivity index (χ4v) is 2.83. The Kier molecular flexibility index (Phi) is 6.41. The molecule has 1 heteroatoms. The minimum atomic E-state index is 0.469. The van der Waals surface area contributed by atoms with Crippen molar-refractivity contribution in [3.63, 3.8) is 0 Å². The van der Waals surface area contributed by atoms with Crippen LogP contribution in [0.15, 0.2) is 0 Å². The maximum Gasteiger partial charge on any atom is 0.00388 e. The van der Waals surface area contributed by atoms with E-state index in [0.717, 1.165) is 0 Å². The molecule has 96 valence electrons. The topological polar surface area (TPSA) is 26.0 Å². The van der Waals surface area contributed by atoms with Crippen molar-refractivity contribution in [1.82, 2.24) is 0 Å². The van der Waals surface area contributed by atoms with Crippen molar-refractivity contribution in [2.75, 3.05) is 0 Å². The molecule has 1 aliphatic carbocycles. The summed E-state index contributed by atoms with van der Waals surface area (Å²) in [5.41, 5.74) is 6.69. The molecule has 1 aliphatic rings. The average Bonchev–Trinajstić information content (AvgIpc) is 2.21. The van der Waals surface area contributed by atoms with Gasteiger partial charge in [-0.25, -0.2) is 0 Å². The zero-order valence-electron chi connectivity index (χ0n) is 11.4. The molecule has 0 aromatic heterocycles. The van der Waals surface area contributed by atoms with Gasteiger partial charge in [0.15, 0.2) is 0 Å². The maximum absolute atomic E-state index is 6.14. The first-order valence-corrected chi connectivity index (χ1v) is 7.36. The largest absolute Gasteiger partial charge is 0.328 e. The van der Waals surface area contributed by atoms with Gasteiger partial charge in [0.25, 0.3) is 0 Å². The first kappa shape index (κ1) is 14.0. The van der Waals surface area contributed by atoms with E-state index in [1.54, 1.807) is 0 Å². The Labute approximate surface area is 102 Å². The van der Waals surface area contributed by atoms with Gasteiger partial charge in [-0.05, 0) is 31.1 Å². The number of nitrogens with two attached hydrogens (primary N) is 1. The fourth-order valence-electron chi connectivity index (χ4n) is 2.83. The van der Waals surface area contributed by atoms with Gasteiger partial charge in [-0.2, -0.15) is 0 Å². The average molecular weight is 225 g/mol. The molecule has 0 amide bonds. The lowest BCUT2D eigenvalue weighted by Gasteiger charge is -2.25. The molecule has 0 radical (unpaired) electrons. The van der Waals surface area contributed by atoms with Crippen molar-refractivity contribution in [1.29, 1.82) is 0 Å². The Morgan fingerprint density at radius 1 is 0.750 bits per heavy atom. The zero-order valence-corrected chi connectivity index (χ0v) is 11.4. The summed E-state index contributed by atoms with van der Waals surface area (Å²) in [4.78, 5) is 0. The van der Waals surface area contributed by atoms with Crippen LogP contribution < -0.4 is 5.73 Å². The van der Waals surface area contributed by atoms with Crippen LogP contribution in [0.2, 0.25) is 0 Å². The predicted octanol–water partition coefficient (Wildman–Crippen LogP) is 4.64. The molecule has 0 spiro atoms. The molecular weight excluding hydrogens is 194 g/mol. The number of rotatable bonds is 0. The Morgan fingerprint density at radius 3 is 2.00 bits per heavy atom. The van der Waals surface area contributed by atoms with Gasteiger partial charge < -0.3 is 5.73 Å². The Hall–Kier alpha value is -0.0400. The van der Waals surface area contributed by atoms with Gasteiger partial charge in [-0.3, -0.25) is 0 Å². The molecule has 1 nitrogen and oxygen atoms in total. The molecule has 0 aromatic carbocycles. The highest BCUT2D eigenvalue weighted by molar-refractivity contribution is 4.71. The zero-order chi connectivity index (χ0) is 11.9. The van der Waals surface area contributed by atoms with E-state index in [0.29, 0.717) is 11.5 Å². The van der Waals surface area contributed by atoms with Crippen LogP contribution in [-0.2, 0) is 0 Å². The van der Waals surface area contributed by atoms with Gasteiger partial charge in [-0.1, -0.05) is 58.8 Å². The molecule has 1 unspecified atom stereocenters. The van der Waals surface area contributed by atoms with Crippen molar-refractivity contribution in [2.45, 2.75) is 90.5 Å². The van der Waals surface area contributed by atoms with Gasteiger partial charge in [-0.15, -0.1) is 0 Å². The second kappa shape index (κ2) is 7.32. The molecule has 0 aliphatic heterocycles. The quantitative estimate of drug-likeness (QED) is 0.638.